The molecule has 0 saturated heterocycles. The molecule has 0 saturated carbocycles. The van der Waals surface area contributed by atoms with E-state index in [2.05, 4.69) is 5.16 Å². The molecular weight excluding hydrogens is 154 g/mol. The zero-order valence-corrected chi connectivity index (χ0v) is 6.86. The van der Waals surface area contributed by atoms with Gasteiger partial charge in [-0.3, -0.25) is 0 Å². The van der Waals surface area contributed by atoms with Crippen LogP contribution in [0.4, 0.5) is 0 Å². The maximum Gasteiger partial charge on any atom is 0.115 e. The Bertz CT molecular complexity index is 294. The Balaban J connectivity index is 2.76. The van der Waals surface area contributed by atoms with E-state index in [1.165, 1.54) is 0 Å². The quantitative estimate of drug-likeness (QED) is 0.398. The fourth-order valence-corrected chi connectivity index (χ4v) is 0.997. The third-order valence-electron chi connectivity index (χ3n) is 1.54. The molecule has 0 radical (unpaired) electrons. The lowest BCUT2D eigenvalue weighted by molar-refractivity contribution is 0.317. The number of hydrogen-bond acceptors (Lipinski definition) is 3. The number of phenolic OH excluding ortho intramolecular Hbond substituents is 1. The van der Waals surface area contributed by atoms with Gasteiger partial charge in [-0.25, -0.2) is 0 Å². The van der Waals surface area contributed by atoms with Crippen LogP contribution < -0.4 is 0 Å². The summed E-state index contributed by atoms with van der Waals surface area (Å²) in [5, 5.41) is 20.5. The van der Waals surface area contributed by atoms with Gasteiger partial charge in [-0.05, 0) is 24.6 Å². The van der Waals surface area contributed by atoms with Crippen LogP contribution >= 0.6 is 0 Å². The fourth-order valence-electron chi connectivity index (χ4n) is 0.997. The minimum absolute atomic E-state index is 0.234. The smallest absolute Gasteiger partial charge is 0.115 e. The van der Waals surface area contributed by atoms with Gasteiger partial charge in [0.15, 0.2) is 0 Å². The molecule has 0 bridgehead atoms. The predicted octanol–water partition coefficient (Wildman–Crippen LogP) is 1.78. The molecule has 0 atom stereocenters. The molecule has 1 aromatic carbocycles. The normalized spacial score (nSPS) is 11.6. The van der Waals surface area contributed by atoms with Crippen LogP contribution in [0.3, 0.4) is 0 Å². The number of rotatable bonds is 2. The highest BCUT2D eigenvalue weighted by atomic mass is 16.4. The summed E-state index contributed by atoms with van der Waals surface area (Å²) < 4.78 is 0. The van der Waals surface area contributed by atoms with Crippen molar-refractivity contribution in [2.45, 2.75) is 13.3 Å². The zero-order chi connectivity index (χ0) is 8.97. The molecule has 2 N–H and O–H groups in total. The van der Waals surface area contributed by atoms with E-state index in [9.17, 15) is 0 Å². The molecule has 3 nitrogen and oxygen atoms in total. The van der Waals surface area contributed by atoms with E-state index in [1.807, 2.05) is 6.07 Å². The Labute approximate surface area is 71.0 Å². The summed E-state index contributed by atoms with van der Waals surface area (Å²) in [6, 6.07) is 6.88. The Kier molecular flexibility index (Phi) is 2.69. The van der Waals surface area contributed by atoms with Gasteiger partial charge in [-0.1, -0.05) is 17.3 Å². The summed E-state index contributed by atoms with van der Waals surface area (Å²) in [5.74, 6) is 0.234. The largest absolute Gasteiger partial charge is 0.508 e. The van der Waals surface area contributed by atoms with Gasteiger partial charge in [-0.2, -0.15) is 0 Å². The Morgan fingerprint density at radius 1 is 1.50 bits per heavy atom. The third kappa shape index (κ3) is 2.27. The first kappa shape index (κ1) is 8.59. The van der Waals surface area contributed by atoms with E-state index in [1.54, 1.807) is 25.1 Å². The standard InChI is InChI=1S/C9H11NO2/c1-7(10-12)5-8-3-2-4-9(11)6-8/h2-4,6,11-12H,5H2,1H3/b10-7-. The molecule has 0 fully saturated rings. The number of benzene rings is 1. The van der Waals surface area contributed by atoms with Crippen LogP contribution in [-0.2, 0) is 6.42 Å². The van der Waals surface area contributed by atoms with E-state index < -0.39 is 0 Å². The van der Waals surface area contributed by atoms with E-state index in [0.717, 1.165) is 5.56 Å². The van der Waals surface area contributed by atoms with Crippen LogP contribution in [0.1, 0.15) is 12.5 Å². The van der Waals surface area contributed by atoms with Crippen molar-refractivity contribution >= 4 is 5.71 Å². The van der Waals surface area contributed by atoms with Gasteiger partial charge in [0.2, 0.25) is 0 Å². The lowest BCUT2D eigenvalue weighted by Gasteiger charge is -1.99. The fraction of sp³-hybridized carbons (Fsp3) is 0.222. The van der Waals surface area contributed by atoms with Crippen molar-refractivity contribution in [2.75, 3.05) is 0 Å². The van der Waals surface area contributed by atoms with E-state index in [4.69, 9.17) is 10.3 Å². The van der Waals surface area contributed by atoms with Gasteiger partial charge < -0.3 is 10.3 Å². The van der Waals surface area contributed by atoms with Crippen molar-refractivity contribution in [1.29, 1.82) is 0 Å². The van der Waals surface area contributed by atoms with Gasteiger partial charge in [-0.15, -0.1) is 0 Å². The number of hydrogen-bond donors (Lipinski definition) is 2. The van der Waals surface area contributed by atoms with Crippen LogP contribution in [0.15, 0.2) is 29.4 Å². The number of nitrogens with zero attached hydrogens (tertiary/aromatic N) is 1. The van der Waals surface area contributed by atoms with Crippen LogP contribution in [0, 0.1) is 0 Å². The molecule has 0 aliphatic carbocycles. The summed E-state index contributed by atoms with van der Waals surface area (Å²) in [7, 11) is 0. The molecule has 0 aliphatic heterocycles. The topological polar surface area (TPSA) is 52.8 Å². The lowest BCUT2D eigenvalue weighted by Crippen LogP contribution is -1.96. The number of oxime groups is 1. The highest BCUT2D eigenvalue weighted by Crippen LogP contribution is 2.11. The molecule has 3 heteroatoms. The maximum absolute atomic E-state index is 9.10. The van der Waals surface area contributed by atoms with E-state index in [0.29, 0.717) is 12.1 Å². The van der Waals surface area contributed by atoms with Crippen molar-refractivity contribution in [3.05, 3.63) is 29.8 Å². The molecule has 12 heavy (non-hydrogen) atoms. The van der Waals surface area contributed by atoms with Crippen molar-refractivity contribution in [1.82, 2.24) is 0 Å². The molecular formula is C9H11NO2. The van der Waals surface area contributed by atoms with Crippen LogP contribution in [0.2, 0.25) is 0 Å². The first-order valence-corrected chi connectivity index (χ1v) is 3.68. The highest BCUT2D eigenvalue weighted by Gasteiger charge is 1.96. The van der Waals surface area contributed by atoms with Crippen LogP contribution in [0.25, 0.3) is 0 Å². The Morgan fingerprint density at radius 2 is 2.25 bits per heavy atom. The van der Waals surface area contributed by atoms with Crippen LogP contribution in [0.5, 0.6) is 5.75 Å². The second-order valence-corrected chi connectivity index (χ2v) is 2.68. The Morgan fingerprint density at radius 3 is 2.83 bits per heavy atom. The second-order valence-electron chi connectivity index (χ2n) is 2.68. The molecule has 0 unspecified atom stereocenters. The molecule has 1 aromatic rings. The molecule has 0 spiro atoms. The average molecular weight is 165 g/mol. The summed E-state index contributed by atoms with van der Waals surface area (Å²) in [6.45, 7) is 1.73. The molecule has 64 valence electrons. The second kappa shape index (κ2) is 3.76. The summed E-state index contributed by atoms with van der Waals surface area (Å²) in [4.78, 5) is 0. The summed E-state index contributed by atoms with van der Waals surface area (Å²) >= 11 is 0. The SMILES string of the molecule is C/C(Cc1cccc(O)c1)=N/O. The average Bonchev–Trinajstić information content (AvgIpc) is 2.04. The summed E-state index contributed by atoms with van der Waals surface area (Å²) in [6.07, 6.45) is 0.560. The van der Waals surface area contributed by atoms with Crippen molar-refractivity contribution in [3.8, 4) is 5.75 Å². The summed E-state index contributed by atoms with van der Waals surface area (Å²) in [5.41, 5.74) is 1.56. The Hall–Kier alpha value is -1.51. The zero-order valence-electron chi connectivity index (χ0n) is 6.86. The number of phenols is 1. The van der Waals surface area contributed by atoms with Gasteiger partial charge in [0.05, 0.1) is 5.71 Å². The molecule has 0 amide bonds. The first-order chi connectivity index (χ1) is 5.72. The van der Waals surface area contributed by atoms with Gasteiger partial charge in [0.25, 0.3) is 0 Å². The minimum atomic E-state index is 0.234. The third-order valence-corrected chi connectivity index (χ3v) is 1.54. The van der Waals surface area contributed by atoms with Crippen molar-refractivity contribution < 1.29 is 10.3 Å². The van der Waals surface area contributed by atoms with Crippen molar-refractivity contribution in [2.24, 2.45) is 5.16 Å². The van der Waals surface area contributed by atoms with Gasteiger partial charge in [0, 0.05) is 6.42 Å². The van der Waals surface area contributed by atoms with Gasteiger partial charge >= 0.3 is 0 Å². The molecule has 0 heterocycles. The lowest BCUT2D eigenvalue weighted by atomic mass is 10.1. The highest BCUT2D eigenvalue weighted by molar-refractivity contribution is 5.83. The van der Waals surface area contributed by atoms with Gasteiger partial charge in [0.1, 0.15) is 5.75 Å². The molecule has 0 aromatic heterocycles. The monoisotopic (exact) mass is 165 g/mol. The molecule has 0 aliphatic rings. The number of aromatic hydroxyl groups is 1. The maximum atomic E-state index is 9.10. The predicted molar refractivity (Wildman–Crippen MR) is 46.7 cm³/mol. The molecule has 1 rings (SSSR count). The first-order valence-electron chi connectivity index (χ1n) is 3.68. The van der Waals surface area contributed by atoms with E-state index >= 15 is 0 Å². The minimum Gasteiger partial charge on any atom is -0.508 e. The van der Waals surface area contributed by atoms with E-state index in [-0.39, 0.29) is 5.75 Å². The van der Waals surface area contributed by atoms with Crippen LogP contribution in [-0.4, -0.2) is 16.0 Å². The van der Waals surface area contributed by atoms with Crippen molar-refractivity contribution in [3.63, 3.8) is 0 Å².